The summed E-state index contributed by atoms with van der Waals surface area (Å²) in [5, 5.41) is 11.1. The smallest absolute Gasteiger partial charge is 0.303 e. The van der Waals surface area contributed by atoms with Gasteiger partial charge in [0.25, 0.3) is 5.91 Å². The number of hydrogen-bond acceptors (Lipinski definition) is 3. The van der Waals surface area contributed by atoms with Gasteiger partial charge < -0.3 is 14.8 Å². The Morgan fingerprint density at radius 1 is 1.24 bits per heavy atom. The predicted molar refractivity (Wildman–Crippen MR) is 62.1 cm³/mol. The van der Waals surface area contributed by atoms with E-state index in [9.17, 15) is 9.59 Å². The number of amides is 1. The zero-order valence-corrected chi connectivity index (χ0v) is 10.3. The van der Waals surface area contributed by atoms with Crippen LogP contribution in [0.4, 0.5) is 0 Å². The molecule has 0 spiro atoms. The topological polar surface area (TPSA) is 79.5 Å². The maximum atomic E-state index is 11.8. The molecular weight excluding hydrogens is 222 g/mol. The molecular formula is C12H17NO4. The van der Waals surface area contributed by atoms with Crippen LogP contribution in [-0.4, -0.2) is 23.5 Å². The molecule has 94 valence electrons. The van der Waals surface area contributed by atoms with Crippen LogP contribution in [0, 0.1) is 20.8 Å². The van der Waals surface area contributed by atoms with E-state index in [1.165, 1.54) is 0 Å². The van der Waals surface area contributed by atoms with E-state index in [-0.39, 0.29) is 12.3 Å². The molecule has 0 bridgehead atoms. The number of rotatable bonds is 5. The molecule has 1 aromatic rings. The van der Waals surface area contributed by atoms with Crippen molar-refractivity contribution < 1.29 is 19.1 Å². The Morgan fingerprint density at radius 2 is 1.88 bits per heavy atom. The quantitative estimate of drug-likeness (QED) is 0.768. The number of furan rings is 1. The van der Waals surface area contributed by atoms with E-state index in [1.807, 2.05) is 13.8 Å². The van der Waals surface area contributed by atoms with Crippen LogP contribution in [0.3, 0.4) is 0 Å². The number of carboxylic acid groups (broad SMARTS) is 1. The van der Waals surface area contributed by atoms with Gasteiger partial charge in [0.15, 0.2) is 0 Å². The number of aliphatic carboxylic acids is 1. The average molecular weight is 239 g/mol. The Balaban J connectivity index is 2.55. The zero-order valence-electron chi connectivity index (χ0n) is 10.3. The van der Waals surface area contributed by atoms with Gasteiger partial charge in [0, 0.05) is 18.5 Å². The summed E-state index contributed by atoms with van der Waals surface area (Å²) in [6, 6.07) is 0. The minimum Gasteiger partial charge on any atom is -0.481 e. The summed E-state index contributed by atoms with van der Waals surface area (Å²) >= 11 is 0. The third-order valence-corrected chi connectivity index (χ3v) is 2.64. The van der Waals surface area contributed by atoms with Crippen molar-refractivity contribution in [3.8, 4) is 0 Å². The minimum atomic E-state index is -0.856. The number of carbonyl (C=O) groups is 2. The molecule has 0 aliphatic carbocycles. The van der Waals surface area contributed by atoms with Crippen LogP contribution >= 0.6 is 0 Å². The molecule has 0 radical (unpaired) electrons. The fraction of sp³-hybridized carbons (Fsp3) is 0.500. The van der Waals surface area contributed by atoms with Crippen LogP contribution in [0.5, 0.6) is 0 Å². The zero-order chi connectivity index (χ0) is 13.0. The van der Waals surface area contributed by atoms with Gasteiger partial charge in [-0.15, -0.1) is 0 Å². The highest BCUT2D eigenvalue weighted by atomic mass is 16.4. The molecule has 0 saturated heterocycles. The van der Waals surface area contributed by atoms with Crippen molar-refractivity contribution in [2.75, 3.05) is 6.54 Å². The molecule has 2 N–H and O–H groups in total. The first kappa shape index (κ1) is 13.3. The fourth-order valence-electron chi connectivity index (χ4n) is 1.66. The first-order valence-corrected chi connectivity index (χ1v) is 5.50. The lowest BCUT2D eigenvalue weighted by atomic mass is 10.1. The summed E-state index contributed by atoms with van der Waals surface area (Å²) in [6.07, 6.45) is 0.485. The van der Waals surface area contributed by atoms with Crippen LogP contribution in [0.2, 0.25) is 0 Å². The molecule has 0 fully saturated rings. The largest absolute Gasteiger partial charge is 0.481 e. The van der Waals surface area contributed by atoms with Crippen LogP contribution < -0.4 is 5.32 Å². The van der Waals surface area contributed by atoms with E-state index < -0.39 is 5.97 Å². The highest BCUT2D eigenvalue weighted by Crippen LogP contribution is 2.20. The Labute approximate surface area is 99.8 Å². The Bertz CT molecular complexity index is 434. The second kappa shape index (κ2) is 5.52. The fourth-order valence-corrected chi connectivity index (χ4v) is 1.66. The van der Waals surface area contributed by atoms with Gasteiger partial charge in [-0.05, 0) is 27.2 Å². The molecule has 1 rings (SSSR count). The van der Waals surface area contributed by atoms with Gasteiger partial charge in [0.05, 0.1) is 5.56 Å². The number of carbonyl (C=O) groups excluding carboxylic acids is 1. The highest BCUT2D eigenvalue weighted by Gasteiger charge is 2.17. The first-order valence-electron chi connectivity index (χ1n) is 5.50. The summed E-state index contributed by atoms with van der Waals surface area (Å²) in [5.41, 5.74) is 1.39. The Kier molecular flexibility index (Phi) is 4.31. The molecule has 1 aromatic heterocycles. The van der Waals surface area contributed by atoms with E-state index in [4.69, 9.17) is 9.52 Å². The van der Waals surface area contributed by atoms with E-state index in [2.05, 4.69) is 5.32 Å². The second-order valence-electron chi connectivity index (χ2n) is 3.97. The van der Waals surface area contributed by atoms with Crippen LogP contribution in [0.15, 0.2) is 4.42 Å². The summed E-state index contributed by atoms with van der Waals surface area (Å²) < 4.78 is 5.36. The van der Waals surface area contributed by atoms with Crippen molar-refractivity contribution in [3.05, 3.63) is 22.6 Å². The predicted octanol–water partition coefficient (Wildman–Crippen LogP) is 1.80. The lowest BCUT2D eigenvalue weighted by molar-refractivity contribution is -0.137. The lowest BCUT2D eigenvalue weighted by Crippen LogP contribution is -2.25. The summed E-state index contributed by atoms with van der Waals surface area (Å²) in [7, 11) is 0. The van der Waals surface area contributed by atoms with Crippen molar-refractivity contribution in [1.82, 2.24) is 5.32 Å². The number of hydrogen-bond donors (Lipinski definition) is 2. The molecule has 1 heterocycles. The van der Waals surface area contributed by atoms with Crippen molar-refractivity contribution in [2.45, 2.75) is 33.6 Å². The summed E-state index contributed by atoms with van der Waals surface area (Å²) in [6.45, 7) is 5.74. The molecule has 17 heavy (non-hydrogen) atoms. The van der Waals surface area contributed by atoms with Crippen molar-refractivity contribution in [3.63, 3.8) is 0 Å². The van der Waals surface area contributed by atoms with Crippen molar-refractivity contribution in [1.29, 1.82) is 0 Å². The number of carboxylic acids is 1. The van der Waals surface area contributed by atoms with E-state index >= 15 is 0 Å². The molecule has 0 aliphatic heterocycles. The molecule has 5 nitrogen and oxygen atoms in total. The van der Waals surface area contributed by atoms with Crippen LogP contribution in [0.1, 0.15) is 40.3 Å². The third kappa shape index (κ3) is 3.34. The Hall–Kier alpha value is -1.78. The van der Waals surface area contributed by atoms with Gasteiger partial charge in [0.2, 0.25) is 0 Å². The van der Waals surface area contributed by atoms with Crippen molar-refractivity contribution in [2.24, 2.45) is 0 Å². The molecule has 0 saturated carbocycles. The third-order valence-electron chi connectivity index (χ3n) is 2.64. The molecule has 1 amide bonds. The highest BCUT2D eigenvalue weighted by molar-refractivity contribution is 5.96. The summed E-state index contributed by atoms with van der Waals surface area (Å²) in [4.78, 5) is 22.1. The number of aryl methyl sites for hydroxylation is 2. The van der Waals surface area contributed by atoms with Gasteiger partial charge >= 0.3 is 5.97 Å². The van der Waals surface area contributed by atoms with E-state index in [1.54, 1.807) is 6.92 Å². The molecule has 0 unspecified atom stereocenters. The minimum absolute atomic E-state index is 0.0582. The molecule has 0 aromatic carbocycles. The van der Waals surface area contributed by atoms with Crippen LogP contribution in [-0.2, 0) is 4.79 Å². The van der Waals surface area contributed by atoms with E-state index in [0.29, 0.717) is 24.3 Å². The monoisotopic (exact) mass is 239 g/mol. The van der Waals surface area contributed by atoms with Crippen molar-refractivity contribution >= 4 is 11.9 Å². The van der Waals surface area contributed by atoms with Gasteiger partial charge in [-0.1, -0.05) is 0 Å². The molecule has 0 aliphatic rings. The average Bonchev–Trinajstić information content (AvgIpc) is 2.48. The maximum Gasteiger partial charge on any atom is 0.303 e. The second-order valence-corrected chi connectivity index (χ2v) is 3.97. The van der Waals surface area contributed by atoms with Crippen LogP contribution in [0.25, 0.3) is 0 Å². The first-order chi connectivity index (χ1) is 7.93. The Morgan fingerprint density at radius 3 is 2.35 bits per heavy atom. The maximum absolute atomic E-state index is 11.8. The van der Waals surface area contributed by atoms with Gasteiger partial charge in [-0.3, -0.25) is 9.59 Å². The van der Waals surface area contributed by atoms with Gasteiger partial charge in [-0.2, -0.15) is 0 Å². The van der Waals surface area contributed by atoms with Gasteiger partial charge in [0.1, 0.15) is 11.5 Å². The SMILES string of the molecule is Cc1oc(C)c(C(=O)NCCCC(=O)O)c1C. The standard InChI is InChI=1S/C12H17NO4/c1-7-8(2)17-9(3)11(7)12(16)13-6-4-5-10(14)15/h4-6H2,1-3H3,(H,13,16)(H,14,15). The normalized spacial score (nSPS) is 10.3. The molecule has 0 atom stereocenters. The molecule has 5 heteroatoms. The van der Waals surface area contributed by atoms with Gasteiger partial charge in [-0.25, -0.2) is 0 Å². The summed E-state index contributed by atoms with van der Waals surface area (Å²) in [5.74, 6) is 0.266. The number of nitrogens with one attached hydrogen (secondary N) is 1. The van der Waals surface area contributed by atoms with E-state index in [0.717, 1.165) is 11.3 Å². The lowest BCUT2D eigenvalue weighted by Gasteiger charge is -2.04.